The number of nitrogens with one attached hydrogen (secondary N) is 3. The van der Waals surface area contributed by atoms with Crippen molar-refractivity contribution >= 4 is 29.7 Å². The van der Waals surface area contributed by atoms with Gasteiger partial charge in [0.25, 0.3) is 5.91 Å². The van der Waals surface area contributed by atoms with Crippen molar-refractivity contribution in [2.24, 2.45) is 0 Å². The normalized spacial score (nSPS) is 15.0. The van der Waals surface area contributed by atoms with Crippen LogP contribution < -0.4 is 15.0 Å². The van der Waals surface area contributed by atoms with Crippen molar-refractivity contribution in [2.45, 2.75) is 25.6 Å². The maximum Gasteiger partial charge on any atom is 0.275 e. The molecule has 3 rings (SSSR count). The van der Waals surface area contributed by atoms with E-state index >= 15 is 0 Å². The molecule has 0 bridgehead atoms. The lowest BCUT2D eigenvalue weighted by molar-refractivity contribution is -0.895. The summed E-state index contributed by atoms with van der Waals surface area (Å²) in [5, 5.41) is 6.74. The first-order valence-corrected chi connectivity index (χ1v) is 8.86. The number of benzene rings is 1. The summed E-state index contributed by atoms with van der Waals surface area (Å²) in [5.41, 5.74) is 0.740. The van der Waals surface area contributed by atoms with Gasteiger partial charge in [-0.2, -0.15) is 4.98 Å². The van der Waals surface area contributed by atoms with Crippen LogP contribution in [0.4, 0.5) is 0 Å². The highest BCUT2D eigenvalue weighted by atomic mass is 35.5. The van der Waals surface area contributed by atoms with E-state index in [9.17, 15) is 4.79 Å². The van der Waals surface area contributed by atoms with Gasteiger partial charge in [0.15, 0.2) is 19.0 Å². The van der Waals surface area contributed by atoms with E-state index in [1.807, 2.05) is 7.05 Å². The summed E-state index contributed by atoms with van der Waals surface area (Å²) in [5.74, 6) is 1.30. The number of likely N-dealkylation sites (N-methyl/N-ethyl adjacent to an activating group) is 1. The third-order valence-electron chi connectivity index (χ3n) is 3.93. The molecule has 2 aromatic rings. The highest BCUT2D eigenvalue weighted by Gasteiger charge is 2.24. The minimum absolute atomic E-state index is 0.0581. The average molecular weight is 383 g/mol. The van der Waals surface area contributed by atoms with Crippen LogP contribution in [-0.4, -0.2) is 47.4 Å². The number of hydrogen-bond acceptors (Lipinski definition) is 4. The molecule has 1 aromatic carbocycles. The quantitative estimate of drug-likeness (QED) is 0.625. The van der Waals surface area contributed by atoms with Gasteiger partial charge in [-0.1, -0.05) is 11.6 Å². The van der Waals surface area contributed by atoms with Gasteiger partial charge in [-0.3, -0.25) is 9.89 Å². The van der Waals surface area contributed by atoms with Crippen molar-refractivity contribution < 1.29 is 14.4 Å². The molecule has 9 heteroatoms. The first kappa shape index (κ1) is 17.9. The molecule has 3 N–H and O–H groups in total. The minimum Gasteiger partial charge on any atom is -0.496 e. The Kier molecular flexibility index (Phi) is 5.41. The highest BCUT2D eigenvalue weighted by Crippen LogP contribution is 2.30. The minimum atomic E-state index is 0.0581. The summed E-state index contributed by atoms with van der Waals surface area (Å²) < 4.78 is 7.52. The molecule has 1 aromatic heterocycles. The summed E-state index contributed by atoms with van der Waals surface area (Å²) in [4.78, 5) is 17.3. The third-order valence-corrected chi connectivity index (χ3v) is 4.48. The van der Waals surface area contributed by atoms with Gasteiger partial charge in [-0.15, -0.1) is 0 Å². The van der Waals surface area contributed by atoms with Crippen LogP contribution in [0.2, 0.25) is 5.02 Å². The number of nitrogens with zero attached hydrogens (tertiary/aromatic N) is 2. The molecule has 1 aliphatic carbocycles. The molecular formula is C16H21ClN5O2S+. The van der Waals surface area contributed by atoms with Crippen LogP contribution in [0.15, 0.2) is 18.2 Å². The van der Waals surface area contributed by atoms with Crippen molar-refractivity contribution in [3.05, 3.63) is 28.0 Å². The number of methoxy groups -OCH3 is 1. The molecule has 25 heavy (non-hydrogen) atoms. The van der Waals surface area contributed by atoms with Crippen LogP contribution in [0.1, 0.15) is 12.8 Å². The van der Waals surface area contributed by atoms with Crippen LogP contribution in [0.25, 0.3) is 11.4 Å². The summed E-state index contributed by atoms with van der Waals surface area (Å²) in [6.07, 6.45) is 2.17. The van der Waals surface area contributed by atoms with Gasteiger partial charge in [-0.05, 0) is 43.3 Å². The number of quaternary nitrogens is 1. The molecule has 0 aliphatic heterocycles. The van der Waals surface area contributed by atoms with Crippen molar-refractivity contribution in [1.29, 1.82) is 0 Å². The maximum atomic E-state index is 11.9. The molecule has 1 saturated carbocycles. The predicted molar refractivity (Wildman–Crippen MR) is 97.3 cm³/mol. The number of halogens is 1. The predicted octanol–water partition coefficient (Wildman–Crippen LogP) is 1.02. The van der Waals surface area contributed by atoms with E-state index < -0.39 is 0 Å². The molecule has 0 radical (unpaired) electrons. The molecule has 0 spiro atoms. The van der Waals surface area contributed by atoms with Crippen molar-refractivity contribution in [3.63, 3.8) is 0 Å². The topological polar surface area (TPSA) is 76.4 Å². The summed E-state index contributed by atoms with van der Waals surface area (Å²) in [6, 6.07) is 5.69. The smallest absolute Gasteiger partial charge is 0.275 e. The summed E-state index contributed by atoms with van der Waals surface area (Å²) in [6.45, 7) is 0.889. The molecule has 1 amide bonds. The lowest BCUT2D eigenvalue weighted by atomic mass is 10.2. The van der Waals surface area contributed by atoms with E-state index in [-0.39, 0.29) is 5.91 Å². The van der Waals surface area contributed by atoms with Crippen LogP contribution in [0.5, 0.6) is 5.75 Å². The number of aromatic amines is 1. The molecule has 1 fully saturated rings. The van der Waals surface area contributed by atoms with Crippen LogP contribution >= 0.6 is 23.8 Å². The molecule has 1 heterocycles. The fourth-order valence-electron chi connectivity index (χ4n) is 2.56. The van der Waals surface area contributed by atoms with Crippen LogP contribution in [-0.2, 0) is 11.5 Å². The van der Waals surface area contributed by atoms with E-state index in [0.717, 1.165) is 23.3 Å². The number of ether oxygens (including phenoxy) is 1. The number of rotatable bonds is 7. The van der Waals surface area contributed by atoms with Crippen LogP contribution in [0, 0.1) is 4.77 Å². The van der Waals surface area contributed by atoms with Gasteiger partial charge in [0.2, 0.25) is 4.77 Å². The van der Waals surface area contributed by atoms with E-state index in [1.54, 1.807) is 30.0 Å². The number of amides is 1. The number of carbonyl (C=O) groups is 1. The number of aromatic nitrogens is 3. The number of hydrogen-bond donors (Lipinski definition) is 3. The Morgan fingerprint density at radius 3 is 3.00 bits per heavy atom. The first-order valence-electron chi connectivity index (χ1n) is 8.07. The van der Waals surface area contributed by atoms with Gasteiger partial charge in [-0.25, -0.2) is 4.68 Å². The SMILES string of the molecule is COc1ccc(Cl)cc1-c1nc(=S)n(C[NH+](C)CC(=O)NC2CC2)[nH]1. The Balaban J connectivity index is 1.73. The molecule has 7 nitrogen and oxygen atoms in total. The molecule has 0 saturated heterocycles. The second-order valence-corrected chi connectivity index (χ2v) is 7.06. The maximum absolute atomic E-state index is 11.9. The monoisotopic (exact) mass is 382 g/mol. The lowest BCUT2D eigenvalue weighted by Gasteiger charge is -2.13. The molecular weight excluding hydrogens is 362 g/mol. The Labute approximate surface area is 155 Å². The fraction of sp³-hybridized carbons (Fsp3) is 0.438. The number of H-pyrrole nitrogens is 1. The van der Waals surface area contributed by atoms with Crippen molar-refractivity contribution in [2.75, 3.05) is 20.7 Å². The molecule has 134 valence electrons. The van der Waals surface area contributed by atoms with Gasteiger partial charge in [0.1, 0.15) is 5.75 Å². The zero-order chi connectivity index (χ0) is 18.0. The standard InChI is InChI=1S/C16H20ClN5O2S/c1-21(8-14(23)18-11-4-5-11)9-22-16(25)19-15(20-22)12-7-10(17)3-6-13(12)24-2/h3,6-7,11H,4-5,8-9H2,1-2H3,(H,18,23)(H,19,20,25)/p+1. The van der Waals surface area contributed by atoms with Crippen molar-refractivity contribution in [3.8, 4) is 17.1 Å². The van der Waals surface area contributed by atoms with Gasteiger partial charge in [0, 0.05) is 11.1 Å². The zero-order valence-electron chi connectivity index (χ0n) is 14.1. The summed E-state index contributed by atoms with van der Waals surface area (Å²) in [7, 11) is 3.53. The van der Waals surface area contributed by atoms with E-state index in [0.29, 0.717) is 40.6 Å². The Morgan fingerprint density at radius 2 is 2.32 bits per heavy atom. The Hall–Kier alpha value is -1.90. The number of carbonyl (C=O) groups excluding carboxylic acids is 1. The van der Waals surface area contributed by atoms with Crippen molar-refractivity contribution in [1.82, 2.24) is 20.1 Å². The zero-order valence-corrected chi connectivity index (χ0v) is 15.7. The van der Waals surface area contributed by atoms with E-state index in [2.05, 4.69) is 15.4 Å². The molecule has 1 aliphatic rings. The molecule has 1 unspecified atom stereocenters. The fourth-order valence-corrected chi connectivity index (χ4v) is 2.93. The Bertz CT molecular complexity index is 830. The van der Waals surface area contributed by atoms with Gasteiger partial charge in [0.05, 0.1) is 19.7 Å². The average Bonchev–Trinajstić information content (AvgIpc) is 3.29. The first-order chi connectivity index (χ1) is 12.0. The van der Waals surface area contributed by atoms with E-state index in [4.69, 9.17) is 28.6 Å². The summed E-state index contributed by atoms with van der Waals surface area (Å²) >= 11 is 11.4. The lowest BCUT2D eigenvalue weighted by Crippen LogP contribution is -3.09. The van der Waals surface area contributed by atoms with Crippen LogP contribution in [0.3, 0.4) is 0 Å². The van der Waals surface area contributed by atoms with Gasteiger partial charge >= 0.3 is 0 Å². The molecule has 1 atom stereocenters. The third kappa shape index (κ3) is 4.59. The van der Waals surface area contributed by atoms with E-state index in [1.165, 1.54) is 0 Å². The second-order valence-electron chi connectivity index (χ2n) is 6.26. The largest absolute Gasteiger partial charge is 0.496 e. The Morgan fingerprint density at radius 1 is 1.56 bits per heavy atom. The second kappa shape index (κ2) is 7.55. The highest BCUT2D eigenvalue weighted by molar-refractivity contribution is 7.71. The van der Waals surface area contributed by atoms with Gasteiger partial charge < -0.3 is 15.0 Å².